The standard InChI is InChI=1S/C20H17NO3/c1-2-19(17-8-7-14-5-3-4-6-16(14)13-17)20(22)15-9-11-18(12-10-15)21(23)24/h2-13,19-20,22H,1H2/t19-,20-/m0/s1. The number of nitrogens with zero attached hydrogens (tertiary/aromatic N) is 1. The molecule has 0 unspecified atom stereocenters. The molecule has 24 heavy (non-hydrogen) atoms. The molecule has 3 aromatic rings. The van der Waals surface area contributed by atoms with Crippen molar-refractivity contribution in [2.75, 3.05) is 0 Å². The maximum absolute atomic E-state index is 10.7. The SMILES string of the molecule is C=C[C@@H](c1ccc2ccccc2c1)[C@@H](O)c1ccc([N+](=O)[O-])cc1. The molecule has 3 rings (SSSR count). The number of nitro benzene ring substituents is 1. The molecule has 0 aromatic heterocycles. The van der Waals surface area contributed by atoms with Gasteiger partial charge in [-0.15, -0.1) is 6.58 Å². The second-order valence-electron chi connectivity index (χ2n) is 5.66. The van der Waals surface area contributed by atoms with Crippen LogP contribution in [0.15, 0.2) is 79.4 Å². The molecule has 4 nitrogen and oxygen atoms in total. The summed E-state index contributed by atoms with van der Waals surface area (Å²) in [6, 6.07) is 20.0. The van der Waals surface area contributed by atoms with E-state index in [-0.39, 0.29) is 11.6 Å². The summed E-state index contributed by atoms with van der Waals surface area (Å²) in [6.07, 6.45) is 0.889. The summed E-state index contributed by atoms with van der Waals surface area (Å²) in [5, 5.41) is 23.7. The molecule has 4 heteroatoms. The smallest absolute Gasteiger partial charge is 0.269 e. The predicted molar refractivity (Wildman–Crippen MR) is 94.9 cm³/mol. The van der Waals surface area contributed by atoms with Gasteiger partial charge >= 0.3 is 0 Å². The monoisotopic (exact) mass is 319 g/mol. The summed E-state index contributed by atoms with van der Waals surface area (Å²) in [4.78, 5) is 10.3. The van der Waals surface area contributed by atoms with Gasteiger partial charge in [-0.3, -0.25) is 10.1 Å². The minimum atomic E-state index is -0.815. The second-order valence-corrected chi connectivity index (χ2v) is 5.66. The predicted octanol–water partition coefficient (Wildman–Crippen LogP) is 4.75. The summed E-state index contributed by atoms with van der Waals surface area (Å²) in [7, 11) is 0. The molecule has 2 atom stereocenters. The van der Waals surface area contributed by atoms with E-state index in [1.165, 1.54) is 12.1 Å². The van der Waals surface area contributed by atoms with Crippen molar-refractivity contribution in [2.45, 2.75) is 12.0 Å². The van der Waals surface area contributed by atoms with Gasteiger partial charge in [0.1, 0.15) is 0 Å². The molecule has 0 heterocycles. The Bertz CT molecular complexity index is 887. The fourth-order valence-corrected chi connectivity index (χ4v) is 2.86. The Balaban J connectivity index is 1.93. The van der Waals surface area contributed by atoms with E-state index >= 15 is 0 Å². The van der Waals surface area contributed by atoms with E-state index in [2.05, 4.69) is 6.58 Å². The van der Waals surface area contributed by atoms with Gasteiger partial charge in [0.15, 0.2) is 0 Å². The number of hydrogen-bond acceptors (Lipinski definition) is 3. The van der Waals surface area contributed by atoms with Crippen molar-refractivity contribution in [1.82, 2.24) is 0 Å². The first-order chi connectivity index (χ1) is 11.6. The highest BCUT2D eigenvalue weighted by Crippen LogP contribution is 2.34. The van der Waals surface area contributed by atoms with Crippen LogP contribution in [0.1, 0.15) is 23.1 Å². The molecule has 0 aliphatic carbocycles. The molecule has 120 valence electrons. The minimum absolute atomic E-state index is 0.00630. The molecule has 1 N–H and O–H groups in total. The van der Waals surface area contributed by atoms with Crippen LogP contribution in [0, 0.1) is 10.1 Å². The van der Waals surface area contributed by atoms with Crippen LogP contribution in [0.25, 0.3) is 10.8 Å². The third-order valence-electron chi connectivity index (χ3n) is 4.20. The van der Waals surface area contributed by atoms with Crippen LogP contribution < -0.4 is 0 Å². The van der Waals surface area contributed by atoms with E-state index in [0.717, 1.165) is 16.3 Å². The van der Waals surface area contributed by atoms with Gasteiger partial charge in [-0.1, -0.05) is 48.5 Å². The van der Waals surface area contributed by atoms with Crippen molar-refractivity contribution in [3.8, 4) is 0 Å². The first kappa shape index (κ1) is 15.9. The zero-order chi connectivity index (χ0) is 17.1. The van der Waals surface area contributed by atoms with Crippen LogP contribution in [-0.2, 0) is 0 Å². The van der Waals surface area contributed by atoms with E-state index in [1.54, 1.807) is 18.2 Å². The molecule has 0 amide bonds. The molecule has 0 bridgehead atoms. The Labute approximate surface area is 139 Å². The van der Waals surface area contributed by atoms with Gasteiger partial charge in [-0.2, -0.15) is 0 Å². The lowest BCUT2D eigenvalue weighted by Crippen LogP contribution is -2.09. The molecule has 0 saturated heterocycles. The quantitative estimate of drug-likeness (QED) is 0.419. The van der Waals surface area contributed by atoms with Crippen molar-refractivity contribution in [3.05, 3.63) is 101 Å². The van der Waals surface area contributed by atoms with Crippen LogP contribution in [-0.4, -0.2) is 10.0 Å². The van der Waals surface area contributed by atoms with Crippen molar-refractivity contribution in [2.24, 2.45) is 0 Å². The largest absolute Gasteiger partial charge is 0.387 e. The maximum Gasteiger partial charge on any atom is 0.269 e. The molecular weight excluding hydrogens is 302 g/mol. The fourth-order valence-electron chi connectivity index (χ4n) is 2.86. The van der Waals surface area contributed by atoms with E-state index < -0.39 is 11.0 Å². The summed E-state index contributed by atoms with van der Waals surface area (Å²) >= 11 is 0. The van der Waals surface area contributed by atoms with Crippen molar-refractivity contribution in [3.63, 3.8) is 0 Å². The number of aliphatic hydroxyl groups is 1. The number of nitro groups is 1. The van der Waals surface area contributed by atoms with Crippen molar-refractivity contribution < 1.29 is 10.0 Å². The fraction of sp³-hybridized carbons (Fsp3) is 0.100. The van der Waals surface area contributed by atoms with Gasteiger partial charge in [-0.05, 0) is 34.0 Å². The average Bonchev–Trinajstić information content (AvgIpc) is 2.62. The third kappa shape index (κ3) is 3.05. The lowest BCUT2D eigenvalue weighted by molar-refractivity contribution is -0.384. The molecular formula is C20H17NO3. The molecule has 0 radical (unpaired) electrons. The summed E-state index contributed by atoms with van der Waals surface area (Å²) < 4.78 is 0. The highest BCUT2D eigenvalue weighted by molar-refractivity contribution is 5.83. The molecule has 0 aliphatic heterocycles. The van der Waals surface area contributed by atoms with Gasteiger partial charge < -0.3 is 5.11 Å². The lowest BCUT2D eigenvalue weighted by Gasteiger charge is -2.21. The topological polar surface area (TPSA) is 63.4 Å². The molecule has 3 aromatic carbocycles. The Hall–Kier alpha value is -2.98. The third-order valence-corrected chi connectivity index (χ3v) is 4.20. The second kappa shape index (κ2) is 6.64. The van der Waals surface area contributed by atoms with E-state index in [4.69, 9.17) is 0 Å². The summed E-state index contributed by atoms with van der Waals surface area (Å²) in [5.41, 5.74) is 1.58. The van der Waals surface area contributed by atoms with E-state index in [9.17, 15) is 15.2 Å². The van der Waals surface area contributed by atoms with Crippen LogP contribution in [0.5, 0.6) is 0 Å². The summed E-state index contributed by atoms with van der Waals surface area (Å²) in [5.74, 6) is -0.295. The van der Waals surface area contributed by atoms with Crippen molar-refractivity contribution >= 4 is 16.5 Å². The lowest BCUT2D eigenvalue weighted by atomic mass is 9.88. The van der Waals surface area contributed by atoms with Crippen LogP contribution in [0.4, 0.5) is 5.69 Å². The van der Waals surface area contributed by atoms with Gasteiger partial charge in [0, 0.05) is 18.1 Å². The number of hydrogen-bond donors (Lipinski definition) is 1. The molecule has 0 aliphatic rings. The normalized spacial score (nSPS) is 13.4. The van der Waals surface area contributed by atoms with Crippen LogP contribution in [0.2, 0.25) is 0 Å². The van der Waals surface area contributed by atoms with E-state index in [0.29, 0.717) is 5.56 Å². The molecule has 0 fully saturated rings. The van der Waals surface area contributed by atoms with Gasteiger partial charge in [0.2, 0.25) is 0 Å². The van der Waals surface area contributed by atoms with Crippen LogP contribution >= 0.6 is 0 Å². The minimum Gasteiger partial charge on any atom is -0.387 e. The van der Waals surface area contributed by atoms with E-state index in [1.807, 2.05) is 42.5 Å². The zero-order valence-electron chi connectivity index (χ0n) is 13.0. The molecule has 0 saturated carbocycles. The number of non-ortho nitro benzene ring substituents is 1. The Morgan fingerprint density at radius 1 is 0.958 bits per heavy atom. The van der Waals surface area contributed by atoms with Gasteiger partial charge in [0.05, 0.1) is 11.0 Å². The van der Waals surface area contributed by atoms with Crippen LogP contribution in [0.3, 0.4) is 0 Å². The Morgan fingerprint density at radius 2 is 1.58 bits per heavy atom. The highest BCUT2D eigenvalue weighted by Gasteiger charge is 2.21. The Morgan fingerprint density at radius 3 is 2.21 bits per heavy atom. The van der Waals surface area contributed by atoms with Crippen molar-refractivity contribution in [1.29, 1.82) is 0 Å². The first-order valence-electron chi connectivity index (χ1n) is 7.64. The Kier molecular flexibility index (Phi) is 4.40. The average molecular weight is 319 g/mol. The summed E-state index contributed by atoms with van der Waals surface area (Å²) in [6.45, 7) is 3.84. The highest BCUT2D eigenvalue weighted by atomic mass is 16.6. The first-order valence-corrected chi connectivity index (χ1v) is 7.64. The number of aliphatic hydroxyl groups excluding tert-OH is 1. The molecule has 0 spiro atoms. The maximum atomic E-state index is 10.7. The number of fused-ring (bicyclic) bond motifs is 1. The number of benzene rings is 3. The number of rotatable bonds is 5. The van der Waals surface area contributed by atoms with Gasteiger partial charge in [0.25, 0.3) is 5.69 Å². The zero-order valence-corrected chi connectivity index (χ0v) is 13.0. The van der Waals surface area contributed by atoms with Gasteiger partial charge in [-0.25, -0.2) is 0 Å².